The molecule has 1 aliphatic carbocycles. The van der Waals surface area contributed by atoms with Crippen molar-refractivity contribution >= 4 is 41.1 Å². The van der Waals surface area contributed by atoms with Crippen LogP contribution in [0.15, 0.2) is 12.1 Å². The van der Waals surface area contributed by atoms with Gasteiger partial charge >= 0.3 is 12.0 Å². The lowest BCUT2D eigenvalue weighted by molar-refractivity contribution is -0.127. The summed E-state index contributed by atoms with van der Waals surface area (Å²) in [4.78, 5) is 36.2. The molecule has 0 spiro atoms. The zero-order chi connectivity index (χ0) is 20.0. The Morgan fingerprint density at radius 3 is 2.26 bits per heavy atom. The largest absolute Gasteiger partial charge is 0.494 e. The Hall–Kier alpha value is -1.99. The molecule has 0 aromatic heterocycles. The molecule has 2 N–H and O–H groups in total. The number of esters is 1. The molecule has 2 rings (SSSR count). The second-order valence-corrected chi connectivity index (χ2v) is 7.13. The maximum atomic E-state index is 12.2. The van der Waals surface area contributed by atoms with Crippen molar-refractivity contribution in [1.82, 2.24) is 10.6 Å². The molecule has 0 radical (unpaired) electrons. The van der Waals surface area contributed by atoms with Gasteiger partial charge in [0.2, 0.25) is 0 Å². The van der Waals surface area contributed by atoms with E-state index in [1.54, 1.807) is 0 Å². The minimum atomic E-state index is -1.17. The van der Waals surface area contributed by atoms with E-state index in [0.717, 1.165) is 32.1 Å². The second kappa shape index (κ2) is 9.80. The molecule has 0 unspecified atom stereocenters. The van der Waals surface area contributed by atoms with Crippen molar-refractivity contribution in [2.45, 2.75) is 51.2 Å². The van der Waals surface area contributed by atoms with Crippen molar-refractivity contribution in [3.05, 3.63) is 27.7 Å². The summed E-state index contributed by atoms with van der Waals surface area (Å²) in [6.45, 7) is 1.37. The van der Waals surface area contributed by atoms with Gasteiger partial charge in [-0.05, 0) is 31.9 Å². The number of hydrogen-bond acceptors (Lipinski definition) is 5. The lowest BCUT2D eigenvalue weighted by Crippen LogP contribution is -2.48. The van der Waals surface area contributed by atoms with E-state index in [0.29, 0.717) is 0 Å². The first-order chi connectivity index (χ1) is 12.8. The highest BCUT2D eigenvalue weighted by Gasteiger charge is 2.23. The van der Waals surface area contributed by atoms with Crippen molar-refractivity contribution in [3.8, 4) is 5.75 Å². The zero-order valence-electron chi connectivity index (χ0n) is 15.1. The summed E-state index contributed by atoms with van der Waals surface area (Å²) < 4.78 is 10.1. The Morgan fingerprint density at radius 1 is 1.11 bits per heavy atom. The number of carbonyl (C=O) groups is 3. The molecule has 1 atom stereocenters. The number of benzene rings is 1. The number of amides is 3. The Morgan fingerprint density at radius 2 is 1.70 bits per heavy atom. The minimum Gasteiger partial charge on any atom is -0.494 e. The van der Waals surface area contributed by atoms with Gasteiger partial charge in [-0.3, -0.25) is 10.1 Å². The first kappa shape index (κ1) is 21.3. The summed E-state index contributed by atoms with van der Waals surface area (Å²) in [7, 11) is 1.40. The standard InChI is InChI=1S/C18H22Cl2N2O5/c1-10(16(23)22-18(25)21-12-6-4-3-5-7-12)27-17(24)11-8-13(19)15(26-2)14(20)9-11/h8-10,12H,3-7H2,1-2H3,(H2,21,22,23,25)/t10-/m1/s1. The van der Waals surface area contributed by atoms with Gasteiger partial charge in [0.25, 0.3) is 5.91 Å². The van der Waals surface area contributed by atoms with Crippen LogP contribution in [0.5, 0.6) is 5.75 Å². The smallest absolute Gasteiger partial charge is 0.339 e. The predicted molar refractivity (Wildman–Crippen MR) is 101 cm³/mol. The number of rotatable bonds is 5. The highest BCUT2D eigenvalue weighted by Crippen LogP contribution is 2.34. The molecule has 1 aromatic rings. The van der Waals surface area contributed by atoms with Crippen LogP contribution in [0.3, 0.4) is 0 Å². The number of carbonyl (C=O) groups excluding carboxylic acids is 3. The molecule has 0 saturated heterocycles. The average molecular weight is 417 g/mol. The number of imide groups is 1. The highest BCUT2D eigenvalue weighted by atomic mass is 35.5. The fourth-order valence-electron chi connectivity index (χ4n) is 2.84. The molecular formula is C18H22Cl2N2O5. The fourth-order valence-corrected chi connectivity index (χ4v) is 3.48. The van der Waals surface area contributed by atoms with E-state index >= 15 is 0 Å². The molecular weight excluding hydrogens is 395 g/mol. The summed E-state index contributed by atoms with van der Waals surface area (Å²) in [6, 6.07) is 2.13. The van der Waals surface area contributed by atoms with Gasteiger partial charge in [-0.25, -0.2) is 9.59 Å². The van der Waals surface area contributed by atoms with Crippen LogP contribution in [0.25, 0.3) is 0 Å². The molecule has 1 aromatic carbocycles. The van der Waals surface area contributed by atoms with Crippen LogP contribution in [0, 0.1) is 0 Å². The number of methoxy groups -OCH3 is 1. The van der Waals surface area contributed by atoms with E-state index in [9.17, 15) is 14.4 Å². The molecule has 0 bridgehead atoms. The third-order valence-electron chi connectivity index (χ3n) is 4.27. The maximum Gasteiger partial charge on any atom is 0.339 e. The Kier molecular flexibility index (Phi) is 7.74. The van der Waals surface area contributed by atoms with Crippen molar-refractivity contribution in [3.63, 3.8) is 0 Å². The third kappa shape index (κ3) is 6.01. The molecule has 0 aliphatic heterocycles. The van der Waals surface area contributed by atoms with Crippen LogP contribution < -0.4 is 15.4 Å². The van der Waals surface area contributed by atoms with Gasteiger partial charge in [0.15, 0.2) is 11.9 Å². The minimum absolute atomic E-state index is 0.0630. The molecule has 1 saturated carbocycles. The average Bonchev–Trinajstić information content (AvgIpc) is 2.62. The summed E-state index contributed by atoms with van der Waals surface area (Å²) in [5.74, 6) is -1.28. The number of urea groups is 1. The van der Waals surface area contributed by atoms with Gasteiger partial charge in [-0.15, -0.1) is 0 Å². The molecule has 7 nitrogen and oxygen atoms in total. The SMILES string of the molecule is COc1c(Cl)cc(C(=O)O[C@H](C)C(=O)NC(=O)NC2CCCCC2)cc1Cl. The molecule has 1 aliphatic rings. The molecule has 148 valence electrons. The van der Waals surface area contributed by atoms with E-state index < -0.39 is 24.0 Å². The van der Waals surface area contributed by atoms with Gasteiger partial charge < -0.3 is 14.8 Å². The van der Waals surface area contributed by atoms with Crippen molar-refractivity contribution in [2.75, 3.05) is 7.11 Å². The topological polar surface area (TPSA) is 93.7 Å². The number of halogens is 2. The van der Waals surface area contributed by atoms with Gasteiger partial charge in [0, 0.05) is 6.04 Å². The van der Waals surface area contributed by atoms with Crippen LogP contribution in [0.4, 0.5) is 4.79 Å². The monoisotopic (exact) mass is 416 g/mol. The van der Waals surface area contributed by atoms with Crippen LogP contribution in [0.1, 0.15) is 49.4 Å². The first-order valence-electron chi connectivity index (χ1n) is 8.67. The van der Waals surface area contributed by atoms with Crippen molar-refractivity contribution in [2.24, 2.45) is 0 Å². The van der Waals surface area contributed by atoms with Gasteiger partial charge in [0.1, 0.15) is 0 Å². The Balaban J connectivity index is 1.89. The van der Waals surface area contributed by atoms with Crippen molar-refractivity contribution in [1.29, 1.82) is 0 Å². The number of hydrogen-bond donors (Lipinski definition) is 2. The van der Waals surface area contributed by atoms with E-state index in [-0.39, 0.29) is 27.4 Å². The highest BCUT2D eigenvalue weighted by molar-refractivity contribution is 6.37. The van der Waals surface area contributed by atoms with Crippen molar-refractivity contribution < 1.29 is 23.9 Å². The maximum absolute atomic E-state index is 12.2. The van der Waals surface area contributed by atoms with Crippen LogP contribution >= 0.6 is 23.2 Å². The molecule has 3 amide bonds. The van der Waals surface area contributed by atoms with E-state index in [1.807, 2.05) is 0 Å². The first-order valence-corrected chi connectivity index (χ1v) is 9.42. The van der Waals surface area contributed by atoms with Gasteiger partial charge in [0.05, 0.1) is 22.7 Å². The van der Waals surface area contributed by atoms with E-state index in [2.05, 4.69) is 10.6 Å². The van der Waals surface area contributed by atoms with Gasteiger partial charge in [-0.2, -0.15) is 0 Å². The third-order valence-corrected chi connectivity index (χ3v) is 4.83. The van der Waals surface area contributed by atoms with Crippen LogP contribution in [-0.2, 0) is 9.53 Å². The normalized spacial score (nSPS) is 15.6. The molecule has 0 heterocycles. The molecule has 9 heteroatoms. The quantitative estimate of drug-likeness (QED) is 0.713. The Bertz CT molecular complexity index is 697. The lowest BCUT2D eigenvalue weighted by Gasteiger charge is -2.23. The van der Waals surface area contributed by atoms with E-state index in [4.69, 9.17) is 32.7 Å². The van der Waals surface area contributed by atoms with Crippen LogP contribution in [-0.4, -0.2) is 37.2 Å². The Labute approximate surface area is 167 Å². The predicted octanol–water partition coefficient (Wildman–Crippen LogP) is 3.71. The summed E-state index contributed by atoms with van der Waals surface area (Å²) in [5, 5.41) is 5.22. The molecule has 27 heavy (non-hydrogen) atoms. The molecule has 1 fully saturated rings. The fraction of sp³-hybridized carbons (Fsp3) is 0.500. The second-order valence-electron chi connectivity index (χ2n) is 6.32. The number of ether oxygens (including phenoxy) is 2. The summed E-state index contributed by atoms with van der Waals surface area (Å²) in [6.07, 6.45) is 3.88. The summed E-state index contributed by atoms with van der Waals surface area (Å²) >= 11 is 12.0. The van der Waals surface area contributed by atoms with Gasteiger partial charge in [-0.1, -0.05) is 42.5 Å². The number of nitrogens with one attached hydrogen (secondary N) is 2. The summed E-state index contributed by atoms with van der Waals surface area (Å²) in [5.41, 5.74) is 0.0668. The zero-order valence-corrected chi connectivity index (χ0v) is 16.7. The van der Waals surface area contributed by atoms with E-state index in [1.165, 1.54) is 26.2 Å². The van der Waals surface area contributed by atoms with Crippen LogP contribution in [0.2, 0.25) is 10.0 Å². The lowest BCUT2D eigenvalue weighted by atomic mass is 9.96.